The molecule has 1 aromatic carbocycles. The van der Waals surface area contributed by atoms with Gasteiger partial charge < -0.3 is 34.6 Å². The molecule has 0 aromatic heterocycles. The maximum absolute atomic E-state index is 12.1. The van der Waals surface area contributed by atoms with Gasteiger partial charge in [0.2, 0.25) is 0 Å². The molecule has 0 bridgehead atoms. The van der Waals surface area contributed by atoms with Crippen molar-refractivity contribution in [1.29, 1.82) is 0 Å². The van der Waals surface area contributed by atoms with Gasteiger partial charge in [-0.1, -0.05) is 0 Å². The summed E-state index contributed by atoms with van der Waals surface area (Å²) in [6.07, 6.45) is 0.0682. The Morgan fingerprint density at radius 3 is 2.31 bits per heavy atom. The molecule has 156 valence electrons. The molecule has 0 spiro atoms. The number of benzene rings is 1. The largest absolute Gasteiger partial charge is 0.508 e. The first-order chi connectivity index (χ1) is 13.6. The number of phenols is 2. The number of aryl methyl sites for hydroxylation is 1. The van der Waals surface area contributed by atoms with Crippen LogP contribution in [0.5, 0.6) is 11.5 Å². The van der Waals surface area contributed by atoms with E-state index in [0.717, 1.165) is 0 Å². The maximum atomic E-state index is 12.1. The molecule has 0 amide bonds. The van der Waals surface area contributed by atoms with E-state index in [1.807, 2.05) is 6.92 Å². The van der Waals surface area contributed by atoms with Gasteiger partial charge in [0.05, 0.1) is 24.7 Å². The lowest BCUT2D eigenvalue weighted by Gasteiger charge is -2.49. The van der Waals surface area contributed by atoms with Crippen LogP contribution in [-0.4, -0.2) is 63.7 Å². The van der Waals surface area contributed by atoms with Crippen molar-refractivity contribution in [1.82, 2.24) is 0 Å². The zero-order chi connectivity index (χ0) is 20.9. The Kier molecular flexibility index (Phi) is 3.76. The summed E-state index contributed by atoms with van der Waals surface area (Å²) < 4.78 is 17.4. The van der Waals surface area contributed by atoms with Gasteiger partial charge >= 0.3 is 0 Å². The number of epoxide rings is 2. The number of allylic oxidation sites excluding steroid dienone is 1. The third kappa shape index (κ3) is 2.27. The fraction of sp³-hybridized carbons (Fsp3) is 0.545. The molecule has 3 fully saturated rings. The number of aliphatic hydroxyl groups excluding tert-OH is 1. The summed E-state index contributed by atoms with van der Waals surface area (Å²) in [5.41, 5.74) is -0.411. The number of hydrogen-bond acceptors (Lipinski definition) is 7. The van der Waals surface area contributed by atoms with Crippen LogP contribution in [0, 0.1) is 19.3 Å². The highest BCUT2D eigenvalue weighted by atomic mass is 16.7. The quantitative estimate of drug-likeness (QED) is 0.421. The van der Waals surface area contributed by atoms with E-state index in [1.54, 1.807) is 20.8 Å². The Bertz CT molecular complexity index is 980. The van der Waals surface area contributed by atoms with Crippen molar-refractivity contribution in [2.24, 2.45) is 5.41 Å². The first-order valence-corrected chi connectivity index (χ1v) is 9.88. The smallest absolute Gasteiger partial charge is 0.127 e. The monoisotopic (exact) mass is 402 g/mol. The predicted molar refractivity (Wildman–Crippen MR) is 104 cm³/mol. The summed E-state index contributed by atoms with van der Waals surface area (Å²) in [4.78, 5) is 0. The van der Waals surface area contributed by atoms with Crippen LogP contribution in [0.3, 0.4) is 0 Å². The molecule has 1 aliphatic carbocycles. The number of hydrogen-bond donors (Lipinski definition) is 4. The maximum Gasteiger partial charge on any atom is 0.127 e. The number of ether oxygens (including phenoxy) is 3. The molecule has 3 aliphatic heterocycles. The van der Waals surface area contributed by atoms with Crippen LogP contribution in [0.15, 0.2) is 23.5 Å². The van der Waals surface area contributed by atoms with Crippen molar-refractivity contribution < 1.29 is 34.6 Å². The summed E-state index contributed by atoms with van der Waals surface area (Å²) in [7, 11) is 0. The lowest BCUT2D eigenvalue weighted by atomic mass is 9.56. The minimum Gasteiger partial charge on any atom is -0.508 e. The third-order valence-electron chi connectivity index (χ3n) is 7.19. The van der Waals surface area contributed by atoms with Crippen molar-refractivity contribution >= 4 is 5.57 Å². The van der Waals surface area contributed by atoms with Crippen LogP contribution in [0.4, 0.5) is 0 Å². The summed E-state index contributed by atoms with van der Waals surface area (Å²) in [5, 5.41) is 44.5. The molecular formula is C22H26O7. The fourth-order valence-corrected chi connectivity index (χ4v) is 5.50. The summed E-state index contributed by atoms with van der Waals surface area (Å²) in [5.74, 6) is -0.0999. The van der Waals surface area contributed by atoms with E-state index in [9.17, 15) is 20.4 Å². The molecule has 5 rings (SSSR count). The van der Waals surface area contributed by atoms with Gasteiger partial charge in [-0.25, -0.2) is 0 Å². The van der Waals surface area contributed by atoms with Gasteiger partial charge in [-0.05, 0) is 51.0 Å². The van der Waals surface area contributed by atoms with Crippen molar-refractivity contribution in [3.63, 3.8) is 0 Å². The molecule has 0 radical (unpaired) electrons. The summed E-state index contributed by atoms with van der Waals surface area (Å²) in [6.45, 7) is 7.71. The third-order valence-corrected chi connectivity index (χ3v) is 7.19. The van der Waals surface area contributed by atoms with E-state index in [2.05, 4.69) is 0 Å². The second kappa shape index (κ2) is 5.76. The SMILES string of the molecule is CC1=CC(O)=C(c2c(O)cc(C)c(O)c2C)C2(C)C3OC3COCC3OC3C12O. The Morgan fingerprint density at radius 1 is 1.00 bits per heavy atom. The number of phenolic OH excluding ortho intramolecular Hbond substituents is 2. The Balaban J connectivity index is 1.80. The molecule has 0 saturated carbocycles. The van der Waals surface area contributed by atoms with E-state index in [1.165, 1.54) is 12.1 Å². The van der Waals surface area contributed by atoms with Crippen molar-refractivity contribution in [3.8, 4) is 11.5 Å². The minimum atomic E-state index is -1.47. The standard InChI is InChI=1S/C22H26O7/c1-9-5-12(23)16(11(3)18(9)25)17-13(24)6-10(2)22(26)20-15(29-20)8-27-7-14-19(28-14)21(17,22)4/h5-6,14-15,19-20,23-26H,7-8H2,1-4H3. The highest BCUT2D eigenvalue weighted by Gasteiger charge is 2.73. The molecule has 6 atom stereocenters. The highest BCUT2D eigenvalue weighted by Crippen LogP contribution is 2.64. The minimum absolute atomic E-state index is 0.0386. The fourth-order valence-electron chi connectivity index (χ4n) is 5.50. The number of rotatable bonds is 1. The van der Waals surface area contributed by atoms with Crippen molar-refractivity contribution in [2.75, 3.05) is 13.2 Å². The number of aliphatic hydroxyl groups is 2. The van der Waals surface area contributed by atoms with Crippen molar-refractivity contribution in [2.45, 2.75) is 57.7 Å². The van der Waals surface area contributed by atoms with Crippen LogP contribution in [0.1, 0.15) is 30.5 Å². The molecule has 1 aromatic rings. The van der Waals surface area contributed by atoms with Gasteiger partial charge in [-0.15, -0.1) is 0 Å². The summed E-state index contributed by atoms with van der Waals surface area (Å²) >= 11 is 0. The first-order valence-electron chi connectivity index (χ1n) is 9.88. The average Bonchev–Trinajstić information content (AvgIpc) is 3.56. The zero-order valence-corrected chi connectivity index (χ0v) is 16.9. The molecule has 3 heterocycles. The molecule has 6 unspecified atom stereocenters. The van der Waals surface area contributed by atoms with Gasteiger partial charge in [0.1, 0.15) is 41.2 Å². The van der Waals surface area contributed by atoms with Crippen LogP contribution in [0.2, 0.25) is 0 Å². The van der Waals surface area contributed by atoms with Crippen LogP contribution < -0.4 is 0 Å². The topological polar surface area (TPSA) is 115 Å². The van der Waals surface area contributed by atoms with Crippen LogP contribution >= 0.6 is 0 Å². The molecule has 3 saturated heterocycles. The normalized spacial score (nSPS) is 40.7. The van der Waals surface area contributed by atoms with Crippen LogP contribution in [-0.2, 0) is 14.2 Å². The molecule has 4 N–H and O–H groups in total. The van der Waals surface area contributed by atoms with E-state index >= 15 is 0 Å². The lowest BCUT2D eigenvalue weighted by molar-refractivity contribution is -0.0497. The van der Waals surface area contributed by atoms with Gasteiger partial charge in [-0.2, -0.15) is 0 Å². The number of fused-ring (bicyclic) bond motifs is 5. The van der Waals surface area contributed by atoms with E-state index < -0.39 is 23.2 Å². The van der Waals surface area contributed by atoms with E-state index in [0.29, 0.717) is 41.1 Å². The van der Waals surface area contributed by atoms with E-state index in [-0.39, 0.29) is 29.5 Å². The molecular weight excluding hydrogens is 376 g/mol. The Morgan fingerprint density at radius 2 is 1.62 bits per heavy atom. The Hall–Kier alpha value is -2.06. The van der Waals surface area contributed by atoms with Crippen LogP contribution in [0.25, 0.3) is 5.57 Å². The van der Waals surface area contributed by atoms with Gasteiger partial charge in [0, 0.05) is 16.7 Å². The number of aromatic hydroxyl groups is 2. The van der Waals surface area contributed by atoms with Gasteiger partial charge in [-0.3, -0.25) is 0 Å². The zero-order valence-electron chi connectivity index (χ0n) is 16.9. The second-order valence-corrected chi connectivity index (χ2v) is 8.85. The molecule has 7 nitrogen and oxygen atoms in total. The van der Waals surface area contributed by atoms with Gasteiger partial charge in [0.25, 0.3) is 0 Å². The first kappa shape index (κ1) is 18.9. The highest BCUT2D eigenvalue weighted by molar-refractivity contribution is 5.84. The Labute approximate surface area is 168 Å². The second-order valence-electron chi connectivity index (χ2n) is 8.85. The average molecular weight is 402 g/mol. The molecule has 7 heteroatoms. The predicted octanol–water partition coefficient (Wildman–Crippen LogP) is 2.25. The van der Waals surface area contributed by atoms with Crippen molar-refractivity contribution in [3.05, 3.63) is 40.2 Å². The summed E-state index contributed by atoms with van der Waals surface area (Å²) in [6, 6.07) is 1.46. The van der Waals surface area contributed by atoms with E-state index in [4.69, 9.17) is 14.2 Å². The van der Waals surface area contributed by atoms with Gasteiger partial charge in [0.15, 0.2) is 0 Å². The molecule has 4 aliphatic rings. The molecule has 29 heavy (non-hydrogen) atoms. The lowest BCUT2D eigenvalue weighted by Crippen LogP contribution is -2.58.